The van der Waals surface area contributed by atoms with Gasteiger partial charge >= 0.3 is 0 Å². The zero-order valence-corrected chi connectivity index (χ0v) is 5.70. The fourth-order valence-electron chi connectivity index (χ4n) is 1.02. The number of hydrogen-bond acceptors (Lipinski definition) is 2. The van der Waals surface area contributed by atoms with Crippen LogP contribution in [0.4, 0.5) is 11.4 Å². The van der Waals surface area contributed by atoms with E-state index in [2.05, 4.69) is 10.9 Å². The summed E-state index contributed by atoms with van der Waals surface area (Å²) in [5.74, 6) is 0. The van der Waals surface area contributed by atoms with Crippen LogP contribution in [0.3, 0.4) is 0 Å². The third-order valence-electron chi connectivity index (χ3n) is 1.44. The van der Waals surface area contributed by atoms with Crippen molar-refractivity contribution in [2.24, 2.45) is 0 Å². The number of nitrogens with zero attached hydrogens (tertiary/aromatic N) is 2. The third-order valence-corrected chi connectivity index (χ3v) is 1.44. The van der Waals surface area contributed by atoms with Crippen LogP contribution < -0.4 is 5.43 Å². The molecule has 0 atom stereocenters. The van der Waals surface area contributed by atoms with Gasteiger partial charge in [0.05, 0.1) is 0 Å². The maximum absolute atomic E-state index is 4.17. The van der Waals surface area contributed by atoms with E-state index in [4.69, 9.17) is 0 Å². The highest BCUT2D eigenvalue weighted by atomic mass is 15.7. The van der Waals surface area contributed by atoms with Crippen LogP contribution in [0.2, 0.25) is 0 Å². The highest BCUT2D eigenvalue weighted by Gasteiger charge is 1.99. The Kier molecular flexibility index (Phi) is 1.05. The highest BCUT2D eigenvalue weighted by Crippen LogP contribution is 2.35. The molecule has 0 saturated carbocycles. The van der Waals surface area contributed by atoms with Crippen molar-refractivity contribution in [3.8, 4) is 0 Å². The second-order valence-electron chi connectivity index (χ2n) is 2.25. The van der Waals surface area contributed by atoms with Crippen molar-refractivity contribution < 1.29 is 0 Å². The molecule has 52 valence electrons. The van der Waals surface area contributed by atoms with Crippen molar-refractivity contribution >= 4 is 11.4 Å². The lowest BCUT2D eigenvalue weighted by molar-refractivity contribution is 0.545. The normalized spacial score (nSPS) is 15.7. The molecule has 0 radical (unpaired) electrons. The molecule has 3 heteroatoms. The SMILES string of the molecule is CN1[N-]c2ccccc2N1. The van der Waals surface area contributed by atoms with Crippen LogP contribution in [0.15, 0.2) is 24.3 Å². The first-order valence-electron chi connectivity index (χ1n) is 3.17. The molecule has 0 aromatic heterocycles. The predicted molar refractivity (Wildman–Crippen MR) is 40.8 cm³/mol. The molecule has 1 aliphatic heterocycles. The molecule has 1 aliphatic rings. The van der Waals surface area contributed by atoms with Crippen molar-refractivity contribution in [2.75, 3.05) is 12.5 Å². The van der Waals surface area contributed by atoms with Crippen molar-refractivity contribution in [1.82, 2.24) is 5.12 Å². The van der Waals surface area contributed by atoms with E-state index in [9.17, 15) is 0 Å². The van der Waals surface area contributed by atoms with Gasteiger partial charge in [0.25, 0.3) is 0 Å². The number of nitrogens with one attached hydrogen (secondary N) is 1. The molecule has 0 fully saturated rings. The first kappa shape index (κ1) is 5.56. The van der Waals surface area contributed by atoms with Gasteiger partial charge in [0.2, 0.25) is 0 Å². The summed E-state index contributed by atoms with van der Waals surface area (Å²) in [5.41, 5.74) is 9.32. The number of anilines is 1. The summed E-state index contributed by atoms with van der Waals surface area (Å²) < 4.78 is 0. The largest absolute Gasteiger partial charge is 0.600 e. The lowest BCUT2D eigenvalue weighted by Gasteiger charge is -2.23. The Hall–Kier alpha value is -1.22. The van der Waals surface area contributed by atoms with E-state index in [0.717, 1.165) is 11.4 Å². The number of fused-ring (bicyclic) bond motifs is 1. The molecule has 0 amide bonds. The molecule has 10 heavy (non-hydrogen) atoms. The standard InChI is InChI=1S/C7H8N3/c1-10-8-6-4-2-3-5-7(6)9-10/h2-5,8H,1H3/q-1. The van der Waals surface area contributed by atoms with Crippen molar-refractivity contribution in [2.45, 2.75) is 0 Å². The van der Waals surface area contributed by atoms with Gasteiger partial charge in [-0.15, -0.1) is 5.69 Å². The van der Waals surface area contributed by atoms with Crippen LogP contribution in [0.1, 0.15) is 0 Å². The molecule has 1 heterocycles. The Bertz CT molecular complexity index is 221. The maximum atomic E-state index is 4.17. The molecule has 0 aliphatic carbocycles. The van der Waals surface area contributed by atoms with Crippen LogP contribution in [-0.4, -0.2) is 12.2 Å². The summed E-state index contributed by atoms with van der Waals surface area (Å²) in [4.78, 5) is 0. The molecule has 3 nitrogen and oxygen atoms in total. The second kappa shape index (κ2) is 1.88. The van der Waals surface area contributed by atoms with E-state index < -0.39 is 0 Å². The summed E-state index contributed by atoms with van der Waals surface area (Å²) in [6.07, 6.45) is 0. The summed E-state index contributed by atoms with van der Waals surface area (Å²) in [6, 6.07) is 7.94. The smallest absolute Gasteiger partial charge is 0.0336 e. The second-order valence-corrected chi connectivity index (χ2v) is 2.25. The predicted octanol–water partition coefficient (Wildman–Crippen LogP) is 1.88. The van der Waals surface area contributed by atoms with Gasteiger partial charge in [-0.3, -0.25) is 0 Å². The monoisotopic (exact) mass is 134 g/mol. The van der Waals surface area contributed by atoms with E-state index >= 15 is 0 Å². The minimum Gasteiger partial charge on any atom is -0.600 e. The van der Waals surface area contributed by atoms with Crippen molar-refractivity contribution in [3.63, 3.8) is 0 Å². The van der Waals surface area contributed by atoms with Crippen molar-refractivity contribution in [1.29, 1.82) is 0 Å². The number of hydrogen-bond donors (Lipinski definition) is 1. The lowest BCUT2D eigenvalue weighted by atomic mass is 10.3. The van der Waals surface area contributed by atoms with Gasteiger partial charge in [-0.2, -0.15) is 0 Å². The van der Waals surface area contributed by atoms with E-state index in [-0.39, 0.29) is 0 Å². The van der Waals surface area contributed by atoms with Crippen LogP contribution in [-0.2, 0) is 0 Å². The van der Waals surface area contributed by atoms with Crippen LogP contribution in [0, 0.1) is 0 Å². The maximum Gasteiger partial charge on any atom is 0.0336 e. The van der Waals surface area contributed by atoms with E-state index in [0.29, 0.717) is 0 Å². The van der Waals surface area contributed by atoms with Gasteiger partial charge in [-0.05, 0) is 13.1 Å². The van der Waals surface area contributed by atoms with E-state index in [1.807, 2.05) is 31.3 Å². The molecule has 1 N–H and O–H groups in total. The minimum atomic E-state index is 1.00. The van der Waals surface area contributed by atoms with Crippen molar-refractivity contribution in [3.05, 3.63) is 29.7 Å². The van der Waals surface area contributed by atoms with Gasteiger partial charge in [-0.25, -0.2) is 0 Å². The summed E-state index contributed by atoms with van der Waals surface area (Å²) in [7, 11) is 1.88. The molecule has 1 aromatic carbocycles. The quantitative estimate of drug-likeness (QED) is 0.587. The first-order chi connectivity index (χ1) is 4.86. The highest BCUT2D eigenvalue weighted by molar-refractivity contribution is 5.74. The Morgan fingerprint density at radius 3 is 3.00 bits per heavy atom. The topological polar surface area (TPSA) is 29.4 Å². The zero-order chi connectivity index (χ0) is 6.97. The summed E-state index contributed by atoms with van der Waals surface area (Å²) in [6.45, 7) is 0. The molecule has 0 spiro atoms. The van der Waals surface area contributed by atoms with Crippen LogP contribution >= 0.6 is 0 Å². The van der Waals surface area contributed by atoms with Gasteiger partial charge in [0.15, 0.2) is 0 Å². The Labute approximate surface area is 59.6 Å². The van der Waals surface area contributed by atoms with Gasteiger partial charge in [0.1, 0.15) is 0 Å². The number of hydrazine groups is 1. The molecule has 0 unspecified atom stereocenters. The molecule has 1 aromatic rings. The fourth-order valence-corrected chi connectivity index (χ4v) is 1.02. The van der Waals surface area contributed by atoms with Gasteiger partial charge in [0, 0.05) is 5.69 Å². The Balaban J connectivity index is 2.42. The molecule has 0 saturated heterocycles. The number of benzene rings is 1. The van der Waals surface area contributed by atoms with E-state index in [1.54, 1.807) is 5.12 Å². The summed E-state index contributed by atoms with van der Waals surface area (Å²) in [5, 5.41) is 1.70. The third kappa shape index (κ3) is 0.717. The average molecular weight is 134 g/mol. The number of para-hydroxylation sites is 1. The molecular weight excluding hydrogens is 126 g/mol. The van der Waals surface area contributed by atoms with E-state index in [1.165, 1.54) is 0 Å². The van der Waals surface area contributed by atoms with Gasteiger partial charge < -0.3 is 16.0 Å². The molecular formula is C7H8N3-. The number of rotatable bonds is 0. The van der Waals surface area contributed by atoms with Crippen LogP contribution in [0.25, 0.3) is 5.43 Å². The molecule has 2 rings (SSSR count). The van der Waals surface area contributed by atoms with Crippen LogP contribution in [0.5, 0.6) is 0 Å². The Morgan fingerprint density at radius 2 is 2.20 bits per heavy atom. The van der Waals surface area contributed by atoms with Gasteiger partial charge in [-0.1, -0.05) is 18.2 Å². The first-order valence-corrected chi connectivity index (χ1v) is 3.17. The Morgan fingerprint density at radius 1 is 1.40 bits per heavy atom. The molecule has 0 bridgehead atoms. The summed E-state index contributed by atoms with van der Waals surface area (Å²) >= 11 is 0. The average Bonchev–Trinajstić information content (AvgIpc) is 2.27. The zero-order valence-electron chi connectivity index (χ0n) is 5.70. The fraction of sp³-hybridized carbons (Fsp3) is 0.143. The lowest BCUT2D eigenvalue weighted by Crippen LogP contribution is -2.12. The minimum absolute atomic E-state index is 1.00.